The van der Waals surface area contributed by atoms with Gasteiger partial charge in [-0.15, -0.1) is 11.3 Å². The topological polar surface area (TPSA) is 83.7 Å². The highest BCUT2D eigenvalue weighted by Crippen LogP contribution is 2.38. The van der Waals surface area contributed by atoms with Gasteiger partial charge in [-0.25, -0.2) is 4.39 Å². The lowest BCUT2D eigenvalue weighted by Gasteiger charge is -2.38. The van der Waals surface area contributed by atoms with E-state index in [9.17, 15) is 19.1 Å². The van der Waals surface area contributed by atoms with Crippen molar-refractivity contribution < 1.29 is 14.3 Å². The molecule has 2 N–H and O–H groups in total. The molecule has 1 atom stereocenters. The molecule has 0 spiro atoms. The molecule has 3 aromatic rings. The van der Waals surface area contributed by atoms with Gasteiger partial charge < -0.3 is 10.4 Å². The van der Waals surface area contributed by atoms with E-state index in [0.717, 1.165) is 5.56 Å². The van der Waals surface area contributed by atoms with Gasteiger partial charge in [-0.05, 0) is 36.5 Å². The number of aromatic nitrogens is 2. The highest BCUT2D eigenvalue weighted by molar-refractivity contribution is 7.15. The van der Waals surface area contributed by atoms with Crippen LogP contribution in [0.1, 0.15) is 34.9 Å². The molecule has 1 amide bonds. The Morgan fingerprint density at radius 2 is 2.08 bits per heavy atom. The second-order valence-corrected chi connectivity index (χ2v) is 7.30. The number of nitrogens with zero attached hydrogens (tertiary/aromatic N) is 2. The fraction of sp³-hybridized carbons (Fsp3) is 0.278. The summed E-state index contributed by atoms with van der Waals surface area (Å²) in [5.41, 5.74) is 0.489. The molecule has 0 radical (unpaired) electrons. The first-order valence-corrected chi connectivity index (χ1v) is 9.10. The van der Waals surface area contributed by atoms with E-state index in [-0.39, 0.29) is 29.6 Å². The molecular formula is C18H16FN3O3S. The zero-order valence-electron chi connectivity index (χ0n) is 13.6. The number of rotatable bonds is 4. The lowest BCUT2D eigenvalue weighted by molar-refractivity contribution is 0.0234. The first kappa shape index (κ1) is 16.9. The summed E-state index contributed by atoms with van der Waals surface area (Å²) in [7, 11) is 0. The minimum Gasteiger partial charge on any atom is -0.393 e. The number of halogens is 1. The van der Waals surface area contributed by atoms with E-state index in [1.807, 2.05) is 0 Å². The van der Waals surface area contributed by atoms with Crippen LogP contribution in [0.2, 0.25) is 0 Å². The molecule has 1 aliphatic carbocycles. The average molecular weight is 373 g/mol. The van der Waals surface area contributed by atoms with Crippen LogP contribution in [0, 0.1) is 11.7 Å². The van der Waals surface area contributed by atoms with E-state index in [4.69, 9.17) is 0 Å². The number of carbonyl (C=O) groups is 1. The molecule has 1 saturated carbocycles. The quantitative estimate of drug-likeness (QED) is 0.734. The van der Waals surface area contributed by atoms with Crippen molar-refractivity contribution in [3.05, 3.63) is 69.3 Å². The first-order chi connectivity index (χ1) is 12.5. The summed E-state index contributed by atoms with van der Waals surface area (Å²) in [6.45, 7) is 0. The van der Waals surface area contributed by atoms with Crippen LogP contribution in [-0.2, 0) is 0 Å². The van der Waals surface area contributed by atoms with Gasteiger partial charge in [0.15, 0.2) is 4.96 Å². The van der Waals surface area contributed by atoms with Crippen LogP contribution in [0.15, 0.2) is 46.7 Å². The van der Waals surface area contributed by atoms with Crippen LogP contribution in [0.5, 0.6) is 0 Å². The Bertz CT molecular complexity index is 1010. The van der Waals surface area contributed by atoms with E-state index in [1.54, 1.807) is 28.1 Å². The van der Waals surface area contributed by atoms with Crippen LogP contribution < -0.4 is 10.9 Å². The minimum atomic E-state index is -0.477. The van der Waals surface area contributed by atoms with Gasteiger partial charge in [0.1, 0.15) is 11.5 Å². The first-order valence-electron chi connectivity index (χ1n) is 8.22. The van der Waals surface area contributed by atoms with Crippen molar-refractivity contribution >= 4 is 22.2 Å². The van der Waals surface area contributed by atoms with Crippen molar-refractivity contribution in [3.8, 4) is 0 Å². The third-order valence-corrected chi connectivity index (χ3v) is 5.44. The molecule has 2 aromatic heterocycles. The number of amides is 1. The van der Waals surface area contributed by atoms with Crippen LogP contribution in [0.4, 0.5) is 4.39 Å². The highest BCUT2D eigenvalue weighted by atomic mass is 32.1. The van der Waals surface area contributed by atoms with Crippen LogP contribution >= 0.6 is 11.3 Å². The van der Waals surface area contributed by atoms with E-state index >= 15 is 0 Å². The monoisotopic (exact) mass is 373 g/mol. The fourth-order valence-electron chi connectivity index (χ4n) is 3.28. The Morgan fingerprint density at radius 1 is 1.35 bits per heavy atom. The molecule has 4 rings (SSSR count). The number of aliphatic hydroxyl groups is 1. The van der Waals surface area contributed by atoms with Crippen molar-refractivity contribution in [1.82, 2.24) is 14.7 Å². The number of thiazole rings is 1. The predicted molar refractivity (Wildman–Crippen MR) is 94.7 cm³/mol. The summed E-state index contributed by atoms with van der Waals surface area (Å²) in [6, 6.07) is 6.78. The number of carbonyl (C=O) groups excluding carboxylic acids is 1. The van der Waals surface area contributed by atoms with Gasteiger partial charge in [0.05, 0.1) is 12.1 Å². The zero-order chi connectivity index (χ0) is 18.3. The SMILES string of the molecule is O=C(NC(c1ccc(F)cc1)C1CC(O)C1)c1cc(=O)nc2sccn12. The Labute approximate surface area is 151 Å². The number of aliphatic hydroxyl groups excluding tert-OH is 1. The van der Waals surface area contributed by atoms with Crippen molar-refractivity contribution in [2.45, 2.75) is 25.0 Å². The second kappa shape index (κ2) is 6.62. The number of hydrogen-bond donors (Lipinski definition) is 2. The lowest BCUT2D eigenvalue weighted by Crippen LogP contribution is -2.42. The Hall–Kier alpha value is -2.58. The molecule has 2 heterocycles. The lowest BCUT2D eigenvalue weighted by atomic mass is 9.75. The highest BCUT2D eigenvalue weighted by Gasteiger charge is 2.36. The molecule has 26 heavy (non-hydrogen) atoms. The van der Waals surface area contributed by atoms with E-state index in [2.05, 4.69) is 10.3 Å². The summed E-state index contributed by atoms with van der Waals surface area (Å²) < 4.78 is 14.8. The molecule has 1 unspecified atom stereocenters. The fourth-order valence-corrected chi connectivity index (χ4v) is 4.00. The maximum absolute atomic E-state index is 13.2. The number of benzene rings is 1. The van der Waals surface area contributed by atoms with Gasteiger partial charge in [0.25, 0.3) is 11.5 Å². The van der Waals surface area contributed by atoms with Crippen molar-refractivity contribution in [2.75, 3.05) is 0 Å². The average Bonchev–Trinajstić information content (AvgIpc) is 3.05. The van der Waals surface area contributed by atoms with Gasteiger partial charge in [-0.2, -0.15) is 4.98 Å². The van der Waals surface area contributed by atoms with Gasteiger partial charge in [-0.3, -0.25) is 14.0 Å². The number of hydrogen-bond acceptors (Lipinski definition) is 5. The van der Waals surface area contributed by atoms with Gasteiger partial charge in [0, 0.05) is 17.6 Å². The Morgan fingerprint density at radius 3 is 2.77 bits per heavy atom. The molecular weight excluding hydrogens is 357 g/mol. The smallest absolute Gasteiger partial charge is 0.274 e. The molecule has 6 nitrogen and oxygen atoms in total. The van der Waals surface area contributed by atoms with Gasteiger partial charge >= 0.3 is 0 Å². The second-order valence-electron chi connectivity index (χ2n) is 6.42. The summed E-state index contributed by atoms with van der Waals surface area (Å²) in [5, 5.41) is 14.3. The molecule has 0 saturated heterocycles. The molecule has 1 aromatic carbocycles. The molecule has 1 fully saturated rings. The normalized spacial score (nSPS) is 20.5. The van der Waals surface area contributed by atoms with Crippen LogP contribution in [0.25, 0.3) is 4.96 Å². The van der Waals surface area contributed by atoms with Crippen molar-refractivity contribution in [2.24, 2.45) is 5.92 Å². The van der Waals surface area contributed by atoms with Crippen molar-refractivity contribution in [1.29, 1.82) is 0 Å². The minimum absolute atomic E-state index is 0.0518. The van der Waals surface area contributed by atoms with Crippen LogP contribution in [-0.4, -0.2) is 26.5 Å². The summed E-state index contributed by atoms with van der Waals surface area (Å²) in [4.78, 5) is 28.9. The predicted octanol–water partition coefficient (Wildman–Crippen LogP) is 2.14. The number of nitrogens with one attached hydrogen (secondary N) is 1. The molecule has 0 aliphatic heterocycles. The van der Waals surface area contributed by atoms with Gasteiger partial charge in [0.2, 0.25) is 0 Å². The van der Waals surface area contributed by atoms with E-state index in [1.165, 1.54) is 29.5 Å². The Kier molecular flexibility index (Phi) is 4.29. The molecule has 0 bridgehead atoms. The third-order valence-electron chi connectivity index (χ3n) is 4.68. The molecule has 1 aliphatic rings. The molecule has 8 heteroatoms. The third kappa shape index (κ3) is 3.13. The maximum Gasteiger partial charge on any atom is 0.274 e. The van der Waals surface area contributed by atoms with E-state index < -0.39 is 11.5 Å². The largest absolute Gasteiger partial charge is 0.393 e. The summed E-state index contributed by atoms with van der Waals surface area (Å²) >= 11 is 1.27. The van der Waals surface area contributed by atoms with Crippen LogP contribution in [0.3, 0.4) is 0 Å². The van der Waals surface area contributed by atoms with Gasteiger partial charge in [-0.1, -0.05) is 12.1 Å². The van der Waals surface area contributed by atoms with Crippen molar-refractivity contribution in [3.63, 3.8) is 0 Å². The maximum atomic E-state index is 13.2. The summed E-state index contributed by atoms with van der Waals surface area (Å²) in [6.07, 6.45) is 2.42. The Balaban J connectivity index is 1.66. The summed E-state index contributed by atoms with van der Waals surface area (Å²) in [5.74, 6) is -0.710. The zero-order valence-corrected chi connectivity index (χ0v) is 14.4. The number of fused-ring (bicyclic) bond motifs is 1. The standard InChI is InChI=1S/C18H16FN3O3S/c19-12-3-1-10(2-4-12)16(11-7-13(23)8-11)21-17(25)14-9-15(24)20-18-22(14)5-6-26-18/h1-6,9,11,13,16,23H,7-8H2,(H,21,25). The van der Waals surface area contributed by atoms with E-state index in [0.29, 0.717) is 17.8 Å². The molecule has 134 valence electrons.